The molecule has 3 aliphatic heterocycles. The zero-order valence-electron chi connectivity index (χ0n) is 15.5. The van der Waals surface area contributed by atoms with E-state index in [4.69, 9.17) is 4.74 Å². The average molecular weight is 352 g/mol. The van der Waals surface area contributed by atoms with Gasteiger partial charge in [0.2, 0.25) is 11.8 Å². The second-order valence-electron chi connectivity index (χ2n) is 7.27. The van der Waals surface area contributed by atoms with Crippen molar-refractivity contribution in [3.8, 4) is 0 Å². The number of hydrogen-bond donors (Lipinski definition) is 0. The molecule has 0 N–H and O–H groups in total. The molecule has 2 amide bonds. The summed E-state index contributed by atoms with van der Waals surface area (Å²) >= 11 is 0. The molecule has 3 heterocycles. The SMILES string of the molecule is CCC(=O)N1CCC(N2CCN(CC(=O)N3CCOCC3)CC2)CC1. The van der Waals surface area contributed by atoms with Gasteiger partial charge >= 0.3 is 0 Å². The number of rotatable bonds is 4. The molecule has 0 bridgehead atoms. The van der Waals surface area contributed by atoms with Crippen LogP contribution in [0.25, 0.3) is 0 Å². The normalized spacial score (nSPS) is 24.5. The Balaban J connectivity index is 1.37. The number of hydrogen-bond acceptors (Lipinski definition) is 5. The third kappa shape index (κ3) is 4.92. The van der Waals surface area contributed by atoms with Crippen LogP contribution in [0.1, 0.15) is 26.2 Å². The summed E-state index contributed by atoms with van der Waals surface area (Å²) in [5.74, 6) is 0.521. The van der Waals surface area contributed by atoms with Gasteiger partial charge in [-0.25, -0.2) is 0 Å². The molecule has 7 heteroatoms. The van der Waals surface area contributed by atoms with Crippen LogP contribution < -0.4 is 0 Å². The van der Waals surface area contributed by atoms with Crippen LogP contribution in [0, 0.1) is 0 Å². The first-order valence-corrected chi connectivity index (χ1v) is 9.77. The summed E-state index contributed by atoms with van der Waals surface area (Å²) in [7, 11) is 0. The Hall–Kier alpha value is -1.18. The van der Waals surface area contributed by atoms with Crippen molar-refractivity contribution in [3.63, 3.8) is 0 Å². The molecule has 0 unspecified atom stereocenters. The zero-order chi connectivity index (χ0) is 17.6. The van der Waals surface area contributed by atoms with Gasteiger partial charge in [0, 0.05) is 64.8 Å². The quantitative estimate of drug-likeness (QED) is 0.705. The Morgan fingerprint density at radius 1 is 0.840 bits per heavy atom. The molecule has 0 aromatic heterocycles. The molecule has 7 nitrogen and oxygen atoms in total. The first-order chi connectivity index (χ1) is 12.2. The number of piperazine rings is 1. The van der Waals surface area contributed by atoms with Crippen molar-refractivity contribution >= 4 is 11.8 Å². The van der Waals surface area contributed by atoms with Gasteiger partial charge in [0.15, 0.2) is 0 Å². The molecule has 142 valence electrons. The highest BCUT2D eigenvalue weighted by Crippen LogP contribution is 2.19. The van der Waals surface area contributed by atoms with Gasteiger partial charge < -0.3 is 14.5 Å². The van der Waals surface area contributed by atoms with E-state index >= 15 is 0 Å². The molecule has 25 heavy (non-hydrogen) atoms. The lowest BCUT2D eigenvalue weighted by atomic mass is 10.0. The van der Waals surface area contributed by atoms with Crippen molar-refractivity contribution < 1.29 is 14.3 Å². The van der Waals surface area contributed by atoms with E-state index in [1.165, 1.54) is 0 Å². The summed E-state index contributed by atoms with van der Waals surface area (Å²) in [6.45, 7) is 11.0. The maximum absolute atomic E-state index is 12.4. The minimum Gasteiger partial charge on any atom is -0.378 e. The summed E-state index contributed by atoms with van der Waals surface area (Å²) in [6, 6.07) is 0.595. The van der Waals surface area contributed by atoms with Crippen molar-refractivity contribution in [2.24, 2.45) is 0 Å². The Labute approximate surface area is 150 Å². The zero-order valence-corrected chi connectivity index (χ0v) is 15.5. The van der Waals surface area contributed by atoms with Crippen LogP contribution >= 0.6 is 0 Å². The standard InChI is InChI=1S/C18H32N4O3/c1-2-17(23)21-5-3-16(4-6-21)20-9-7-19(8-10-20)15-18(24)22-11-13-25-14-12-22/h16H,2-15H2,1H3. The van der Waals surface area contributed by atoms with Gasteiger partial charge in [-0.3, -0.25) is 19.4 Å². The maximum Gasteiger partial charge on any atom is 0.236 e. The lowest BCUT2D eigenvalue weighted by molar-refractivity contribution is -0.137. The predicted molar refractivity (Wildman–Crippen MR) is 95.3 cm³/mol. The maximum atomic E-state index is 12.4. The third-order valence-electron chi connectivity index (χ3n) is 5.77. The molecular formula is C18H32N4O3. The van der Waals surface area contributed by atoms with Crippen LogP contribution in [0.15, 0.2) is 0 Å². The van der Waals surface area contributed by atoms with E-state index in [2.05, 4.69) is 9.80 Å². The fourth-order valence-corrected chi connectivity index (χ4v) is 4.09. The van der Waals surface area contributed by atoms with Crippen molar-refractivity contribution in [3.05, 3.63) is 0 Å². The molecule has 0 saturated carbocycles. The molecule has 3 aliphatic rings. The molecule has 0 atom stereocenters. The van der Waals surface area contributed by atoms with E-state index in [9.17, 15) is 9.59 Å². The number of likely N-dealkylation sites (tertiary alicyclic amines) is 1. The second-order valence-corrected chi connectivity index (χ2v) is 7.27. The largest absolute Gasteiger partial charge is 0.378 e. The van der Waals surface area contributed by atoms with Crippen molar-refractivity contribution in [2.75, 3.05) is 72.1 Å². The fraction of sp³-hybridized carbons (Fsp3) is 0.889. The number of carbonyl (C=O) groups excluding carboxylic acids is 2. The Kier molecular flexibility index (Phi) is 6.67. The van der Waals surface area contributed by atoms with Gasteiger partial charge in [0.1, 0.15) is 0 Å². The molecular weight excluding hydrogens is 320 g/mol. The molecule has 0 aromatic carbocycles. The Morgan fingerprint density at radius 3 is 2.04 bits per heavy atom. The Morgan fingerprint density at radius 2 is 1.44 bits per heavy atom. The van der Waals surface area contributed by atoms with Gasteiger partial charge in [0.25, 0.3) is 0 Å². The summed E-state index contributed by atoms with van der Waals surface area (Å²) in [5, 5.41) is 0. The van der Waals surface area contributed by atoms with E-state index < -0.39 is 0 Å². The topological polar surface area (TPSA) is 56.3 Å². The number of nitrogens with zero attached hydrogens (tertiary/aromatic N) is 4. The predicted octanol–water partition coefficient (Wildman–Crippen LogP) is -0.136. The molecule has 3 saturated heterocycles. The molecule has 0 aromatic rings. The lowest BCUT2D eigenvalue weighted by Gasteiger charge is -2.43. The summed E-state index contributed by atoms with van der Waals surface area (Å²) in [6.07, 6.45) is 2.78. The van der Waals surface area contributed by atoms with E-state index in [0.29, 0.717) is 32.2 Å². The summed E-state index contributed by atoms with van der Waals surface area (Å²) in [4.78, 5) is 32.9. The van der Waals surface area contributed by atoms with Gasteiger partial charge in [-0.05, 0) is 12.8 Å². The monoisotopic (exact) mass is 352 g/mol. The minimum absolute atomic E-state index is 0.239. The fourth-order valence-electron chi connectivity index (χ4n) is 4.09. The number of ether oxygens (including phenoxy) is 1. The number of amides is 2. The van der Waals surface area contributed by atoms with Crippen LogP contribution in [0.3, 0.4) is 0 Å². The summed E-state index contributed by atoms with van der Waals surface area (Å²) in [5.41, 5.74) is 0. The smallest absolute Gasteiger partial charge is 0.236 e. The van der Waals surface area contributed by atoms with E-state index in [1.807, 2.05) is 16.7 Å². The van der Waals surface area contributed by atoms with Crippen LogP contribution in [0.2, 0.25) is 0 Å². The number of carbonyl (C=O) groups is 2. The second kappa shape index (κ2) is 8.96. The highest BCUT2D eigenvalue weighted by Gasteiger charge is 2.29. The third-order valence-corrected chi connectivity index (χ3v) is 5.77. The Bertz CT molecular complexity index is 451. The number of morpholine rings is 1. The number of piperidine rings is 1. The highest BCUT2D eigenvalue weighted by atomic mass is 16.5. The van der Waals surface area contributed by atoms with E-state index in [1.54, 1.807) is 0 Å². The minimum atomic E-state index is 0.239. The van der Waals surface area contributed by atoms with Crippen LogP contribution in [-0.4, -0.2) is 110 Å². The van der Waals surface area contributed by atoms with Crippen LogP contribution in [-0.2, 0) is 14.3 Å². The first kappa shape index (κ1) is 18.6. The van der Waals surface area contributed by atoms with Crippen molar-refractivity contribution in [2.45, 2.75) is 32.2 Å². The van der Waals surface area contributed by atoms with Gasteiger partial charge in [-0.1, -0.05) is 6.92 Å². The van der Waals surface area contributed by atoms with Gasteiger partial charge in [0.05, 0.1) is 19.8 Å². The van der Waals surface area contributed by atoms with E-state index in [-0.39, 0.29) is 11.8 Å². The van der Waals surface area contributed by atoms with Crippen LogP contribution in [0.5, 0.6) is 0 Å². The molecule has 0 radical (unpaired) electrons. The molecule has 0 spiro atoms. The first-order valence-electron chi connectivity index (χ1n) is 9.77. The molecule has 3 rings (SSSR count). The van der Waals surface area contributed by atoms with Crippen molar-refractivity contribution in [1.82, 2.24) is 19.6 Å². The molecule has 0 aliphatic carbocycles. The van der Waals surface area contributed by atoms with Gasteiger partial charge in [-0.15, -0.1) is 0 Å². The lowest BCUT2D eigenvalue weighted by Crippen LogP contribution is -2.55. The van der Waals surface area contributed by atoms with Gasteiger partial charge in [-0.2, -0.15) is 0 Å². The molecule has 3 fully saturated rings. The van der Waals surface area contributed by atoms with Crippen molar-refractivity contribution in [1.29, 1.82) is 0 Å². The average Bonchev–Trinajstić information content (AvgIpc) is 2.69. The summed E-state index contributed by atoms with van der Waals surface area (Å²) < 4.78 is 5.31. The van der Waals surface area contributed by atoms with Crippen LogP contribution in [0.4, 0.5) is 0 Å². The highest BCUT2D eigenvalue weighted by molar-refractivity contribution is 5.78. The van der Waals surface area contributed by atoms with E-state index in [0.717, 1.165) is 65.2 Å².